The molecule has 2 heterocycles. The molecule has 86 valence electrons. The van der Waals surface area contributed by atoms with E-state index in [2.05, 4.69) is 30.6 Å². The molecular formula is C13H17NOS. The Morgan fingerprint density at radius 3 is 2.62 bits per heavy atom. The smallest absolute Gasteiger partial charge is 0.117 e. The van der Waals surface area contributed by atoms with Crippen molar-refractivity contribution in [2.45, 2.75) is 33.4 Å². The van der Waals surface area contributed by atoms with E-state index < -0.39 is 0 Å². The minimum atomic E-state index is 0.803. The predicted molar refractivity (Wildman–Crippen MR) is 67.7 cm³/mol. The van der Waals surface area contributed by atoms with Gasteiger partial charge in [0.25, 0.3) is 0 Å². The number of nitrogens with one attached hydrogen (secondary N) is 1. The third-order valence-corrected chi connectivity index (χ3v) is 3.64. The maximum atomic E-state index is 5.62. The van der Waals surface area contributed by atoms with Gasteiger partial charge in [-0.2, -0.15) is 0 Å². The van der Waals surface area contributed by atoms with Crippen LogP contribution in [0.15, 0.2) is 28.0 Å². The summed E-state index contributed by atoms with van der Waals surface area (Å²) in [5.41, 5.74) is 1.37. The molecular weight excluding hydrogens is 218 g/mol. The van der Waals surface area contributed by atoms with Crippen LogP contribution in [0, 0.1) is 6.92 Å². The lowest BCUT2D eigenvalue weighted by molar-refractivity contribution is 0.451. The third-order valence-electron chi connectivity index (χ3n) is 2.62. The zero-order valence-electron chi connectivity index (χ0n) is 9.75. The molecule has 2 aromatic heterocycles. The molecule has 0 bridgehead atoms. The van der Waals surface area contributed by atoms with Crippen LogP contribution in [0.2, 0.25) is 0 Å². The molecule has 1 N–H and O–H groups in total. The highest BCUT2D eigenvalue weighted by atomic mass is 32.1. The highest BCUT2D eigenvalue weighted by Crippen LogP contribution is 2.15. The van der Waals surface area contributed by atoms with Gasteiger partial charge in [0, 0.05) is 17.8 Å². The molecule has 0 spiro atoms. The van der Waals surface area contributed by atoms with Gasteiger partial charge in [-0.15, -0.1) is 11.3 Å². The van der Waals surface area contributed by atoms with E-state index in [9.17, 15) is 0 Å². The molecule has 0 fully saturated rings. The van der Waals surface area contributed by atoms with Crippen molar-refractivity contribution in [3.63, 3.8) is 0 Å². The van der Waals surface area contributed by atoms with Crippen LogP contribution in [0.25, 0.3) is 0 Å². The Kier molecular flexibility index (Phi) is 3.80. The average Bonchev–Trinajstić information content (AvgIpc) is 2.89. The topological polar surface area (TPSA) is 25.2 Å². The number of rotatable bonds is 5. The van der Waals surface area contributed by atoms with E-state index in [1.54, 1.807) is 11.3 Å². The van der Waals surface area contributed by atoms with E-state index in [0.29, 0.717) is 0 Å². The molecule has 0 radical (unpaired) electrons. The summed E-state index contributed by atoms with van der Waals surface area (Å²) >= 11 is 1.80. The molecule has 3 heteroatoms. The van der Waals surface area contributed by atoms with Gasteiger partial charge in [0.15, 0.2) is 0 Å². The zero-order chi connectivity index (χ0) is 11.4. The van der Waals surface area contributed by atoms with Crippen molar-refractivity contribution < 1.29 is 4.42 Å². The van der Waals surface area contributed by atoms with Crippen LogP contribution >= 0.6 is 11.3 Å². The first-order valence-electron chi connectivity index (χ1n) is 5.61. The second-order valence-electron chi connectivity index (χ2n) is 3.85. The van der Waals surface area contributed by atoms with Crippen LogP contribution in [0.3, 0.4) is 0 Å². The fourth-order valence-electron chi connectivity index (χ4n) is 1.59. The maximum absolute atomic E-state index is 5.62. The van der Waals surface area contributed by atoms with E-state index in [4.69, 9.17) is 4.42 Å². The molecule has 0 aliphatic carbocycles. The Hall–Kier alpha value is -1.06. The first-order valence-corrected chi connectivity index (χ1v) is 6.49. The first-order chi connectivity index (χ1) is 7.79. The number of aryl methyl sites for hydroxylation is 2. The van der Waals surface area contributed by atoms with Gasteiger partial charge >= 0.3 is 0 Å². The summed E-state index contributed by atoms with van der Waals surface area (Å²) in [5, 5.41) is 5.53. The summed E-state index contributed by atoms with van der Waals surface area (Å²) in [6.45, 7) is 5.98. The van der Waals surface area contributed by atoms with Crippen LogP contribution in [-0.2, 0) is 19.5 Å². The van der Waals surface area contributed by atoms with Gasteiger partial charge in [-0.05, 0) is 36.1 Å². The summed E-state index contributed by atoms with van der Waals surface area (Å²) in [4.78, 5) is 1.40. The molecule has 0 amide bonds. The van der Waals surface area contributed by atoms with Crippen LogP contribution in [0.1, 0.15) is 28.9 Å². The molecule has 2 aromatic rings. The van der Waals surface area contributed by atoms with Crippen molar-refractivity contribution in [1.29, 1.82) is 0 Å². The van der Waals surface area contributed by atoms with E-state index in [-0.39, 0.29) is 0 Å². The minimum Gasteiger partial charge on any atom is -0.465 e. The Morgan fingerprint density at radius 2 is 2.00 bits per heavy atom. The lowest BCUT2D eigenvalue weighted by Crippen LogP contribution is -2.11. The monoisotopic (exact) mass is 235 g/mol. The fourth-order valence-corrected chi connectivity index (χ4v) is 2.47. The SMILES string of the molecule is CCc1ccc(CNCc2sccc2C)o1. The number of hydrogen-bond donors (Lipinski definition) is 1. The number of thiophene rings is 1. The summed E-state index contributed by atoms with van der Waals surface area (Å²) in [6.07, 6.45) is 0.962. The van der Waals surface area contributed by atoms with Crippen LogP contribution in [0.4, 0.5) is 0 Å². The highest BCUT2D eigenvalue weighted by Gasteiger charge is 2.02. The van der Waals surface area contributed by atoms with Crippen molar-refractivity contribution in [3.05, 3.63) is 45.5 Å². The Bertz CT molecular complexity index is 444. The zero-order valence-corrected chi connectivity index (χ0v) is 10.6. The summed E-state index contributed by atoms with van der Waals surface area (Å²) < 4.78 is 5.62. The molecule has 0 saturated heterocycles. The fraction of sp³-hybridized carbons (Fsp3) is 0.385. The predicted octanol–water partition coefficient (Wildman–Crippen LogP) is 3.50. The van der Waals surface area contributed by atoms with Gasteiger partial charge < -0.3 is 9.73 Å². The van der Waals surface area contributed by atoms with E-state index >= 15 is 0 Å². The lowest BCUT2D eigenvalue weighted by Gasteiger charge is -2.01. The Morgan fingerprint density at radius 1 is 1.19 bits per heavy atom. The van der Waals surface area contributed by atoms with Crippen molar-refractivity contribution in [1.82, 2.24) is 5.32 Å². The van der Waals surface area contributed by atoms with Crippen molar-refractivity contribution >= 4 is 11.3 Å². The largest absolute Gasteiger partial charge is 0.465 e. The van der Waals surface area contributed by atoms with Crippen molar-refractivity contribution in [2.24, 2.45) is 0 Å². The van der Waals surface area contributed by atoms with Gasteiger partial charge in [-0.1, -0.05) is 6.92 Å². The molecule has 16 heavy (non-hydrogen) atoms. The lowest BCUT2D eigenvalue weighted by atomic mass is 10.3. The van der Waals surface area contributed by atoms with Crippen LogP contribution in [0.5, 0.6) is 0 Å². The number of hydrogen-bond acceptors (Lipinski definition) is 3. The first kappa shape index (κ1) is 11.4. The molecule has 0 aliphatic rings. The van der Waals surface area contributed by atoms with Crippen molar-refractivity contribution in [3.8, 4) is 0 Å². The molecule has 0 atom stereocenters. The van der Waals surface area contributed by atoms with Gasteiger partial charge in [-0.3, -0.25) is 0 Å². The standard InChI is InChI=1S/C13H17NOS/c1-3-11-4-5-12(15-11)8-14-9-13-10(2)6-7-16-13/h4-7,14H,3,8-9H2,1-2H3. The van der Waals surface area contributed by atoms with E-state index in [1.165, 1.54) is 10.4 Å². The van der Waals surface area contributed by atoms with E-state index in [1.807, 2.05) is 12.1 Å². The summed E-state index contributed by atoms with van der Waals surface area (Å²) in [6, 6.07) is 6.25. The second-order valence-corrected chi connectivity index (χ2v) is 4.85. The van der Waals surface area contributed by atoms with Gasteiger partial charge in [0.05, 0.1) is 6.54 Å². The Labute approximate surface area is 100 Å². The average molecular weight is 235 g/mol. The molecule has 0 saturated carbocycles. The van der Waals surface area contributed by atoms with Crippen LogP contribution < -0.4 is 5.32 Å². The Balaban J connectivity index is 1.82. The second kappa shape index (κ2) is 5.32. The van der Waals surface area contributed by atoms with Gasteiger partial charge in [0.1, 0.15) is 11.5 Å². The number of furan rings is 1. The third kappa shape index (κ3) is 2.74. The maximum Gasteiger partial charge on any atom is 0.117 e. The summed E-state index contributed by atoms with van der Waals surface area (Å²) in [5.74, 6) is 2.08. The quantitative estimate of drug-likeness (QED) is 0.858. The minimum absolute atomic E-state index is 0.803. The van der Waals surface area contributed by atoms with E-state index in [0.717, 1.165) is 31.0 Å². The molecule has 0 aliphatic heterocycles. The molecule has 2 nitrogen and oxygen atoms in total. The highest BCUT2D eigenvalue weighted by molar-refractivity contribution is 7.10. The van der Waals surface area contributed by atoms with Crippen molar-refractivity contribution in [2.75, 3.05) is 0 Å². The van der Waals surface area contributed by atoms with Gasteiger partial charge in [0.2, 0.25) is 0 Å². The molecule has 2 rings (SSSR count). The normalized spacial score (nSPS) is 10.9. The molecule has 0 unspecified atom stereocenters. The van der Waals surface area contributed by atoms with Crippen LogP contribution in [-0.4, -0.2) is 0 Å². The van der Waals surface area contributed by atoms with Gasteiger partial charge in [-0.25, -0.2) is 0 Å². The molecule has 0 aromatic carbocycles. The summed E-state index contributed by atoms with van der Waals surface area (Å²) in [7, 11) is 0.